The molecule has 2 N–H and O–H groups in total. The molecule has 0 atom stereocenters. The summed E-state index contributed by atoms with van der Waals surface area (Å²) < 4.78 is 1.73. The SMILES string of the molecule is Cc1cc(Nc2cc(-c3ccccc3)[nH]n2)n2nc(SCCc3ccccc3)nc2n1. The predicted molar refractivity (Wildman–Crippen MR) is 124 cm³/mol. The second-order valence-corrected chi connectivity index (χ2v) is 8.19. The van der Waals surface area contributed by atoms with Crippen LogP contribution in [0, 0.1) is 6.92 Å². The number of aryl methyl sites for hydroxylation is 2. The van der Waals surface area contributed by atoms with Gasteiger partial charge in [-0.3, -0.25) is 5.10 Å². The molecule has 5 aromatic rings. The number of aromatic amines is 1. The highest BCUT2D eigenvalue weighted by molar-refractivity contribution is 7.99. The zero-order chi connectivity index (χ0) is 21.0. The second-order valence-electron chi connectivity index (χ2n) is 7.13. The van der Waals surface area contributed by atoms with E-state index in [-0.39, 0.29) is 0 Å². The van der Waals surface area contributed by atoms with E-state index in [1.807, 2.05) is 55.5 Å². The van der Waals surface area contributed by atoms with Gasteiger partial charge in [0.15, 0.2) is 5.82 Å². The van der Waals surface area contributed by atoms with Gasteiger partial charge in [-0.1, -0.05) is 72.4 Å². The Morgan fingerprint density at radius 3 is 2.55 bits per heavy atom. The molecule has 0 spiro atoms. The summed E-state index contributed by atoms with van der Waals surface area (Å²) in [5.41, 5.74) is 4.20. The Morgan fingerprint density at radius 2 is 1.74 bits per heavy atom. The van der Waals surface area contributed by atoms with E-state index in [2.05, 4.69) is 54.8 Å². The van der Waals surface area contributed by atoms with E-state index in [1.54, 1.807) is 16.3 Å². The molecule has 0 aliphatic rings. The lowest BCUT2D eigenvalue weighted by molar-refractivity contribution is 0.880. The van der Waals surface area contributed by atoms with E-state index in [9.17, 15) is 0 Å². The molecule has 0 unspecified atom stereocenters. The van der Waals surface area contributed by atoms with Gasteiger partial charge in [-0.25, -0.2) is 4.98 Å². The van der Waals surface area contributed by atoms with Gasteiger partial charge in [0.05, 0.1) is 5.69 Å². The van der Waals surface area contributed by atoms with E-state index < -0.39 is 0 Å². The van der Waals surface area contributed by atoms with Crippen molar-refractivity contribution in [3.05, 3.63) is 84.1 Å². The number of nitrogens with one attached hydrogen (secondary N) is 2. The first kappa shape index (κ1) is 19.3. The Kier molecular flexibility index (Phi) is 5.37. The first-order valence-electron chi connectivity index (χ1n) is 10.0. The van der Waals surface area contributed by atoms with Crippen LogP contribution in [0.1, 0.15) is 11.3 Å². The summed E-state index contributed by atoms with van der Waals surface area (Å²) in [5.74, 6) is 2.96. The topological polar surface area (TPSA) is 83.8 Å². The highest BCUT2D eigenvalue weighted by atomic mass is 32.2. The van der Waals surface area contributed by atoms with Gasteiger partial charge in [0.25, 0.3) is 5.78 Å². The van der Waals surface area contributed by atoms with Crippen LogP contribution in [-0.2, 0) is 6.42 Å². The molecule has 0 amide bonds. The quantitative estimate of drug-likeness (QED) is 0.359. The monoisotopic (exact) mass is 427 g/mol. The van der Waals surface area contributed by atoms with E-state index in [0.717, 1.165) is 34.9 Å². The fourth-order valence-corrected chi connectivity index (χ4v) is 4.11. The van der Waals surface area contributed by atoms with Crippen LogP contribution < -0.4 is 5.32 Å². The molecule has 0 aliphatic carbocycles. The van der Waals surface area contributed by atoms with Crippen LogP contribution in [0.5, 0.6) is 0 Å². The predicted octanol–water partition coefficient (Wildman–Crippen LogP) is 4.90. The lowest BCUT2D eigenvalue weighted by Gasteiger charge is -2.05. The molecule has 0 bridgehead atoms. The Hall–Kier alpha value is -3.65. The van der Waals surface area contributed by atoms with E-state index in [1.165, 1.54) is 5.56 Å². The van der Waals surface area contributed by atoms with Crippen LogP contribution >= 0.6 is 11.8 Å². The highest BCUT2D eigenvalue weighted by Gasteiger charge is 2.12. The van der Waals surface area contributed by atoms with Crippen LogP contribution in [0.4, 0.5) is 11.6 Å². The molecule has 0 aliphatic heterocycles. The number of nitrogens with zero attached hydrogens (tertiary/aromatic N) is 5. The maximum absolute atomic E-state index is 4.65. The average molecular weight is 428 g/mol. The van der Waals surface area contributed by atoms with Gasteiger partial charge >= 0.3 is 0 Å². The molecule has 0 saturated carbocycles. The molecular formula is C23H21N7S. The molecule has 0 fully saturated rings. The molecule has 8 heteroatoms. The fourth-order valence-electron chi connectivity index (χ4n) is 3.31. The van der Waals surface area contributed by atoms with Crippen LogP contribution in [0.25, 0.3) is 17.0 Å². The van der Waals surface area contributed by atoms with E-state index in [4.69, 9.17) is 0 Å². The summed E-state index contributed by atoms with van der Waals surface area (Å²) in [6.07, 6.45) is 0.966. The Balaban J connectivity index is 1.34. The van der Waals surface area contributed by atoms with Crippen LogP contribution in [0.2, 0.25) is 0 Å². The molecule has 2 aromatic carbocycles. The maximum Gasteiger partial charge on any atom is 0.255 e. The number of H-pyrrole nitrogens is 1. The van der Waals surface area contributed by atoms with Crippen molar-refractivity contribution in [1.82, 2.24) is 29.8 Å². The largest absolute Gasteiger partial charge is 0.323 e. The van der Waals surface area contributed by atoms with E-state index >= 15 is 0 Å². The summed E-state index contributed by atoms with van der Waals surface area (Å²) in [7, 11) is 0. The van der Waals surface area contributed by atoms with Gasteiger partial charge in [0.1, 0.15) is 5.82 Å². The molecule has 3 heterocycles. The number of rotatable bonds is 7. The zero-order valence-corrected chi connectivity index (χ0v) is 17.8. The summed E-state index contributed by atoms with van der Waals surface area (Å²) >= 11 is 1.63. The van der Waals surface area contributed by atoms with Gasteiger partial charge in [-0.05, 0) is 24.5 Å². The zero-order valence-electron chi connectivity index (χ0n) is 17.0. The minimum atomic E-state index is 0.573. The summed E-state index contributed by atoms with van der Waals surface area (Å²) in [4.78, 5) is 9.12. The van der Waals surface area contributed by atoms with Gasteiger partial charge in [0, 0.05) is 23.6 Å². The van der Waals surface area contributed by atoms with E-state index in [0.29, 0.717) is 16.8 Å². The van der Waals surface area contributed by atoms with Crippen molar-refractivity contribution in [1.29, 1.82) is 0 Å². The van der Waals surface area contributed by atoms with Gasteiger partial charge in [-0.2, -0.15) is 14.6 Å². The smallest absolute Gasteiger partial charge is 0.255 e. The molecule has 0 radical (unpaired) electrons. The third-order valence-electron chi connectivity index (χ3n) is 4.80. The number of thioether (sulfide) groups is 1. The average Bonchev–Trinajstić information content (AvgIpc) is 3.42. The van der Waals surface area contributed by atoms with Crippen LogP contribution in [-0.4, -0.2) is 35.5 Å². The van der Waals surface area contributed by atoms with Gasteiger partial charge in [0.2, 0.25) is 5.16 Å². The molecule has 31 heavy (non-hydrogen) atoms. The van der Waals surface area contributed by atoms with Crippen LogP contribution in [0.3, 0.4) is 0 Å². The standard InChI is InChI=1S/C23H21N7S/c1-16-14-21(25-20-15-19(27-28-20)18-10-6-3-7-11-18)30-22(24-16)26-23(29-30)31-13-12-17-8-4-2-5-9-17/h2-11,14-15H,12-13H2,1H3,(H2,25,27,28). The first-order valence-corrected chi connectivity index (χ1v) is 11.0. The number of fused-ring (bicyclic) bond motifs is 1. The van der Waals surface area contributed by atoms with Crippen molar-refractivity contribution in [2.75, 3.05) is 11.1 Å². The van der Waals surface area contributed by atoms with Gasteiger partial charge in [-0.15, -0.1) is 5.10 Å². The normalized spacial score (nSPS) is 11.1. The summed E-state index contributed by atoms with van der Waals surface area (Å²) in [6, 6.07) is 24.4. The third-order valence-corrected chi connectivity index (χ3v) is 5.64. The minimum absolute atomic E-state index is 0.573. The van der Waals surface area contributed by atoms with Crippen molar-refractivity contribution >= 4 is 29.2 Å². The molecule has 5 rings (SSSR count). The van der Waals surface area contributed by atoms with Crippen molar-refractivity contribution in [3.8, 4) is 11.3 Å². The number of benzene rings is 2. The molecule has 154 valence electrons. The molecular weight excluding hydrogens is 406 g/mol. The third kappa shape index (κ3) is 4.44. The molecule has 3 aromatic heterocycles. The number of hydrogen-bond donors (Lipinski definition) is 2. The number of hydrogen-bond acceptors (Lipinski definition) is 6. The van der Waals surface area contributed by atoms with Crippen molar-refractivity contribution < 1.29 is 0 Å². The number of aromatic nitrogens is 6. The Morgan fingerprint density at radius 1 is 0.968 bits per heavy atom. The van der Waals surface area contributed by atoms with Crippen LogP contribution in [0.15, 0.2) is 78.0 Å². The fraction of sp³-hybridized carbons (Fsp3) is 0.130. The number of anilines is 2. The van der Waals surface area contributed by atoms with Crippen molar-refractivity contribution in [2.24, 2.45) is 0 Å². The minimum Gasteiger partial charge on any atom is -0.323 e. The highest BCUT2D eigenvalue weighted by Crippen LogP contribution is 2.23. The van der Waals surface area contributed by atoms with Gasteiger partial charge < -0.3 is 5.32 Å². The lowest BCUT2D eigenvalue weighted by Crippen LogP contribution is -2.02. The second kappa shape index (κ2) is 8.61. The maximum atomic E-state index is 4.65. The summed E-state index contributed by atoms with van der Waals surface area (Å²) in [5, 5.41) is 16.2. The molecule has 0 saturated heterocycles. The Labute approximate surface area is 184 Å². The Bertz CT molecular complexity index is 1300. The first-order chi connectivity index (χ1) is 15.2. The van der Waals surface area contributed by atoms with Crippen molar-refractivity contribution in [3.63, 3.8) is 0 Å². The molecule has 7 nitrogen and oxygen atoms in total. The summed E-state index contributed by atoms with van der Waals surface area (Å²) in [6.45, 7) is 1.95. The van der Waals surface area contributed by atoms with Crippen molar-refractivity contribution in [2.45, 2.75) is 18.5 Å². The lowest BCUT2D eigenvalue weighted by atomic mass is 10.2.